The maximum atomic E-state index is 12.5. The van der Waals surface area contributed by atoms with Gasteiger partial charge in [0.15, 0.2) is 0 Å². The first-order valence-corrected chi connectivity index (χ1v) is 8.92. The number of nitrogens with one attached hydrogen (secondary N) is 2. The molecule has 0 bridgehead atoms. The van der Waals surface area contributed by atoms with E-state index in [4.69, 9.17) is 0 Å². The van der Waals surface area contributed by atoms with Crippen LogP contribution in [0.2, 0.25) is 0 Å². The molecule has 4 nitrogen and oxygen atoms in total. The molecule has 2 N–H and O–H groups in total. The fourth-order valence-electron chi connectivity index (χ4n) is 2.78. The average Bonchev–Trinajstić information content (AvgIpc) is 2.70. The van der Waals surface area contributed by atoms with E-state index in [0.29, 0.717) is 17.7 Å². The van der Waals surface area contributed by atoms with Crippen molar-refractivity contribution in [2.24, 2.45) is 0 Å². The molecule has 0 aliphatic rings. The molecule has 4 heteroatoms. The van der Waals surface area contributed by atoms with Gasteiger partial charge in [0.2, 0.25) is 0 Å². The van der Waals surface area contributed by atoms with E-state index in [-0.39, 0.29) is 11.8 Å². The molecule has 0 saturated heterocycles. The van der Waals surface area contributed by atoms with E-state index in [9.17, 15) is 9.59 Å². The Morgan fingerprint density at radius 1 is 0.778 bits per heavy atom. The maximum Gasteiger partial charge on any atom is 0.255 e. The number of amides is 2. The number of carbonyl (C=O) groups is 2. The summed E-state index contributed by atoms with van der Waals surface area (Å²) < 4.78 is 0. The first-order chi connectivity index (χ1) is 13.1. The molecular weight excluding hydrogens is 336 g/mol. The lowest BCUT2D eigenvalue weighted by Crippen LogP contribution is -2.26. The van der Waals surface area contributed by atoms with Gasteiger partial charge in [0, 0.05) is 23.4 Å². The van der Waals surface area contributed by atoms with Crippen molar-refractivity contribution in [3.63, 3.8) is 0 Å². The van der Waals surface area contributed by atoms with Crippen LogP contribution in [0.15, 0.2) is 78.9 Å². The minimum Gasteiger partial charge on any atom is -0.352 e. The van der Waals surface area contributed by atoms with Crippen molar-refractivity contribution in [1.82, 2.24) is 5.32 Å². The third-order valence-electron chi connectivity index (χ3n) is 4.32. The molecule has 0 aliphatic heterocycles. The van der Waals surface area contributed by atoms with Crippen molar-refractivity contribution in [2.75, 3.05) is 11.9 Å². The maximum absolute atomic E-state index is 12.5. The predicted octanol–water partition coefficient (Wildman–Crippen LogP) is 4.22. The fourth-order valence-corrected chi connectivity index (χ4v) is 2.78. The molecule has 0 unspecified atom stereocenters. The average molecular weight is 358 g/mol. The van der Waals surface area contributed by atoms with Crippen molar-refractivity contribution in [1.29, 1.82) is 0 Å². The SMILES string of the molecule is Cc1ccccc1NC(=O)c1cccc(C(=O)NCCc2ccccc2)c1. The van der Waals surface area contributed by atoms with E-state index in [1.807, 2.05) is 61.5 Å². The number of para-hydroxylation sites is 1. The monoisotopic (exact) mass is 358 g/mol. The molecule has 0 atom stereocenters. The highest BCUT2D eigenvalue weighted by Gasteiger charge is 2.11. The Labute approximate surface area is 159 Å². The Bertz CT molecular complexity index is 936. The molecule has 0 radical (unpaired) electrons. The van der Waals surface area contributed by atoms with Crippen molar-refractivity contribution in [3.8, 4) is 0 Å². The van der Waals surface area contributed by atoms with Crippen LogP contribution < -0.4 is 10.6 Å². The van der Waals surface area contributed by atoms with E-state index in [2.05, 4.69) is 10.6 Å². The lowest BCUT2D eigenvalue weighted by atomic mass is 10.1. The fraction of sp³-hybridized carbons (Fsp3) is 0.130. The summed E-state index contributed by atoms with van der Waals surface area (Å²) in [6.45, 7) is 2.48. The van der Waals surface area contributed by atoms with Gasteiger partial charge >= 0.3 is 0 Å². The number of hydrogen-bond donors (Lipinski definition) is 2. The molecule has 3 rings (SSSR count). The molecule has 0 fully saturated rings. The Kier molecular flexibility index (Phi) is 6.00. The summed E-state index contributed by atoms with van der Waals surface area (Å²) in [6.07, 6.45) is 0.764. The topological polar surface area (TPSA) is 58.2 Å². The molecule has 136 valence electrons. The number of hydrogen-bond acceptors (Lipinski definition) is 2. The second kappa shape index (κ2) is 8.81. The van der Waals surface area contributed by atoms with Gasteiger partial charge in [0.25, 0.3) is 11.8 Å². The summed E-state index contributed by atoms with van der Waals surface area (Å²) in [5, 5.41) is 5.79. The van der Waals surface area contributed by atoms with E-state index in [1.54, 1.807) is 24.3 Å². The number of rotatable bonds is 6. The number of carbonyl (C=O) groups excluding carboxylic acids is 2. The highest BCUT2D eigenvalue weighted by Crippen LogP contribution is 2.15. The van der Waals surface area contributed by atoms with Gasteiger partial charge < -0.3 is 10.6 Å². The van der Waals surface area contributed by atoms with Crippen molar-refractivity contribution in [2.45, 2.75) is 13.3 Å². The Morgan fingerprint density at radius 2 is 1.44 bits per heavy atom. The standard InChI is InChI=1S/C23H22N2O2/c1-17-8-5-6-13-21(17)25-23(27)20-12-7-11-19(16-20)22(26)24-15-14-18-9-3-2-4-10-18/h2-13,16H,14-15H2,1H3,(H,24,26)(H,25,27). The molecule has 0 heterocycles. The number of anilines is 1. The van der Waals surface area contributed by atoms with Gasteiger partial charge in [-0.25, -0.2) is 0 Å². The Balaban J connectivity index is 1.61. The van der Waals surface area contributed by atoms with Crippen molar-refractivity contribution >= 4 is 17.5 Å². The third-order valence-corrected chi connectivity index (χ3v) is 4.32. The van der Waals surface area contributed by atoms with Crippen molar-refractivity contribution < 1.29 is 9.59 Å². The molecule has 3 aromatic rings. The molecule has 0 spiro atoms. The van der Waals surface area contributed by atoms with Gasteiger partial charge in [-0.3, -0.25) is 9.59 Å². The zero-order valence-electron chi connectivity index (χ0n) is 15.2. The van der Waals surface area contributed by atoms with Gasteiger partial charge in [-0.2, -0.15) is 0 Å². The summed E-state index contributed by atoms with van der Waals surface area (Å²) in [4.78, 5) is 24.9. The second-order valence-corrected chi connectivity index (χ2v) is 6.34. The molecule has 0 aromatic heterocycles. The normalized spacial score (nSPS) is 10.3. The third kappa shape index (κ3) is 5.05. The zero-order chi connectivity index (χ0) is 19.1. The molecule has 27 heavy (non-hydrogen) atoms. The first-order valence-electron chi connectivity index (χ1n) is 8.92. The molecule has 0 saturated carbocycles. The van der Waals surface area contributed by atoms with E-state index in [0.717, 1.165) is 17.7 Å². The lowest BCUT2D eigenvalue weighted by molar-refractivity contribution is 0.0954. The molecule has 2 amide bonds. The molecule has 0 aliphatic carbocycles. The molecule has 3 aromatic carbocycles. The minimum absolute atomic E-state index is 0.184. The van der Waals surface area contributed by atoms with Crippen LogP contribution >= 0.6 is 0 Å². The van der Waals surface area contributed by atoms with Gasteiger partial charge in [0.05, 0.1) is 0 Å². The van der Waals surface area contributed by atoms with E-state index < -0.39 is 0 Å². The van der Waals surface area contributed by atoms with Crippen LogP contribution in [0.5, 0.6) is 0 Å². The van der Waals surface area contributed by atoms with Gasteiger partial charge in [-0.1, -0.05) is 54.6 Å². The van der Waals surface area contributed by atoms with Crippen LogP contribution in [0, 0.1) is 6.92 Å². The van der Waals surface area contributed by atoms with Crippen LogP contribution in [0.1, 0.15) is 31.8 Å². The summed E-state index contributed by atoms with van der Waals surface area (Å²) in [5.74, 6) is -0.417. The summed E-state index contributed by atoms with van der Waals surface area (Å²) in [6, 6.07) is 24.3. The second-order valence-electron chi connectivity index (χ2n) is 6.34. The predicted molar refractivity (Wildman–Crippen MR) is 108 cm³/mol. The highest BCUT2D eigenvalue weighted by atomic mass is 16.2. The highest BCUT2D eigenvalue weighted by molar-refractivity contribution is 6.06. The largest absolute Gasteiger partial charge is 0.352 e. The van der Waals surface area contributed by atoms with Crippen LogP contribution in [-0.4, -0.2) is 18.4 Å². The van der Waals surface area contributed by atoms with Gasteiger partial charge in [-0.05, 0) is 48.7 Å². The summed E-state index contributed by atoms with van der Waals surface area (Å²) >= 11 is 0. The van der Waals surface area contributed by atoms with E-state index >= 15 is 0 Å². The smallest absolute Gasteiger partial charge is 0.255 e. The Morgan fingerprint density at radius 3 is 2.19 bits per heavy atom. The van der Waals surface area contributed by atoms with Crippen LogP contribution in [0.25, 0.3) is 0 Å². The van der Waals surface area contributed by atoms with E-state index in [1.165, 1.54) is 5.56 Å². The first kappa shape index (κ1) is 18.4. The lowest BCUT2D eigenvalue weighted by Gasteiger charge is -2.09. The van der Waals surface area contributed by atoms with Gasteiger partial charge in [0.1, 0.15) is 0 Å². The van der Waals surface area contributed by atoms with Crippen LogP contribution in [0.4, 0.5) is 5.69 Å². The zero-order valence-corrected chi connectivity index (χ0v) is 15.2. The summed E-state index contributed by atoms with van der Waals surface area (Å²) in [5.41, 5.74) is 3.85. The summed E-state index contributed by atoms with van der Waals surface area (Å²) in [7, 11) is 0. The Hall–Kier alpha value is -3.40. The quantitative estimate of drug-likeness (QED) is 0.693. The van der Waals surface area contributed by atoms with Gasteiger partial charge in [-0.15, -0.1) is 0 Å². The molecular formula is C23H22N2O2. The van der Waals surface area contributed by atoms with Crippen LogP contribution in [0.3, 0.4) is 0 Å². The van der Waals surface area contributed by atoms with Crippen LogP contribution in [-0.2, 0) is 6.42 Å². The van der Waals surface area contributed by atoms with Crippen molar-refractivity contribution in [3.05, 3.63) is 101 Å². The number of benzene rings is 3. The minimum atomic E-state index is -0.233. The number of aryl methyl sites for hydroxylation is 1.